The summed E-state index contributed by atoms with van der Waals surface area (Å²) in [5, 5.41) is 0. The van der Waals surface area contributed by atoms with E-state index < -0.39 is 0 Å². The molecule has 9 heavy (non-hydrogen) atoms. The maximum Gasteiger partial charge on any atom is 3.00 e. The molecule has 0 aromatic heterocycles. The summed E-state index contributed by atoms with van der Waals surface area (Å²) in [6.07, 6.45) is 2.48. The number of hydrogen-bond donors (Lipinski definition) is 0. The van der Waals surface area contributed by atoms with Gasteiger partial charge in [-0.2, -0.15) is 17.7 Å². The summed E-state index contributed by atoms with van der Waals surface area (Å²) in [4.78, 5) is 0. The van der Waals surface area contributed by atoms with E-state index in [0.717, 1.165) is 0 Å². The maximum absolute atomic E-state index is 2.20. The smallest absolute Gasteiger partial charge is 0.213 e. The summed E-state index contributed by atoms with van der Waals surface area (Å²) in [5.41, 5.74) is 1.47. The molecule has 0 nitrogen and oxygen atoms in total. The number of rotatable bonds is 2. The van der Waals surface area contributed by atoms with E-state index in [1.807, 2.05) is 0 Å². The summed E-state index contributed by atoms with van der Waals surface area (Å²) < 4.78 is 0. The zero-order valence-electron chi connectivity index (χ0n) is 5.80. The van der Waals surface area contributed by atoms with Gasteiger partial charge in [-0.25, -0.2) is 12.1 Å². The third-order valence-electron chi connectivity index (χ3n) is 1.27. The van der Waals surface area contributed by atoms with Gasteiger partial charge in [-0.05, 0) is 0 Å². The van der Waals surface area contributed by atoms with E-state index in [2.05, 4.69) is 31.2 Å². The van der Waals surface area contributed by atoms with Crippen LogP contribution in [0, 0.1) is 0 Å². The molecular weight excluding hydrogens is 185 g/mol. The molecule has 1 heteroatoms. The second-order valence-electron chi connectivity index (χ2n) is 2.04. The van der Waals surface area contributed by atoms with Gasteiger partial charge in [0.2, 0.25) is 0 Å². The van der Waals surface area contributed by atoms with Gasteiger partial charge in [-0.1, -0.05) is 19.8 Å². The van der Waals surface area contributed by atoms with Crippen LogP contribution >= 0.6 is 0 Å². The van der Waals surface area contributed by atoms with Crippen molar-refractivity contribution >= 4 is 0 Å². The molecule has 0 aliphatic rings. The van der Waals surface area contributed by atoms with Crippen molar-refractivity contribution in [2.45, 2.75) is 19.8 Å². The average molecular weight is 196 g/mol. The summed E-state index contributed by atoms with van der Waals surface area (Å²) >= 11 is 0. The fourth-order valence-electron chi connectivity index (χ4n) is 0.869. The molecule has 0 unspecified atom stereocenters. The fraction of sp³-hybridized carbons (Fsp3) is 0.375. The van der Waals surface area contributed by atoms with Crippen molar-refractivity contribution in [1.29, 1.82) is 0 Å². The van der Waals surface area contributed by atoms with Gasteiger partial charge in [0.15, 0.2) is 0 Å². The van der Waals surface area contributed by atoms with Crippen molar-refractivity contribution < 1.29 is 32.7 Å². The molecule has 44 valence electrons. The molecule has 0 fully saturated rings. The van der Waals surface area contributed by atoms with Gasteiger partial charge >= 0.3 is 32.7 Å². The van der Waals surface area contributed by atoms with Crippen LogP contribution in [-0.4, -0.2) is 0 Å². The zero-order valence-corrected chi connectivity index (χ0v) is 8.64. The van der Waals surface area contributed by atoms with E-state index in [-0.39, 0.29) is 32.7 Å². The molecule has 0 bridgehead atoms. The van der Waals surface area contributed by atoms with Crippen LogP contribution in [0.4, 0.5) is 0 Å². The van der Waals surface area contributed by atoms with E-state index >= 15 is 0 Å². The van der Waals surface area contributed by atoms with Crippen LogP contribution in [0.2, 0.25) is 0 Å². The Kier molecular flexibility index (Phi) is 5.52. The van der Waals surface area contributed by atoms with Crippen molar-refractivity contribution in [2.24, 2.45) is 0 Å². The minimum absolute atomic E-state index is 0. The Balaban J connectivity index is 0.000000640. The Morgan fingerprint density at radius 1 is 1.22 bits per heavy atom. The summed E-state index contributed by atoms with van der Waals surface area (Å²) in [7, 11) is 0. The molecule has 1 aromatic rings. The Bertz CT molecular complexity index is 130. The summed E-state index contributed by atoms with van der Waals surface area (Å²) in [6, 6.07) is 8.52. The standard InChI is InChI=1S/C8H11.Y/c1-2-5-8-6-3-4-7-8;/h3-4,6-7H,2,5H2,1H3;/q-1;+3. The predicted molar refractivity (Wildman–Crippen MR) is 36.0 cm³/mol. The van der Waals surface area contributed by atoms with Crippen molar-refractivity contribution in [3.8, 4) is 0 Å². The fourth-order valence-corrected chi connectivity index (χ4v) is 0.869. The van der Waals surface area contributed by atoms with Crippen LogP contribution in [0.3, 0.4) is 0 Å². The molecule has 0 amide bonds. The van der Waals surface area contributed by atoms with Gasteiger partial charge in [0, 0.05) is 0 Å². The largest absolute Gasteiger partial charge is 3.00 e. The van der Waals surface area contributed by atoms with E-state index in [1.165, 1.54) is 18.4 Å². The molecule has 0 heterocycles. The first-order chi connectivity index (χ1) is 3.93. The number of aryl methyl sites for hydroxylation is 1. The third kappa shape index (κ3) is 3.22. The molecule has 0 radical (unpaired) electrons. The Hall–Kier alpha value is 0.454. The minimum Gasteiger partial charge on any atom is -0.213 e. The first-order valence-corrected chi connectivity index (χ1v) is 3.14. The first-order valence-electron chi connectivity index (χ1n) is 3.14. The molecule has 0 saturated carbocycles. The zero-order chi connectivity index (χ0) is 5.82. The Morgan fingerprint density at radius 3 is 2.22 bits per heavy atom. The van der Waals surface area contributed by atoms with Crippen molar-refractivity contribution in [3.05, 3.63) is 29.8 Å². The molecule has 0 spiro atoms. The molecule has 0 atom stereocenters. The van der Waals surface area contributed by atoms with E-state index in [4.69, 9.17) is 0 Å². The minimum atomic E-state index is 0. The van der Waals surface area contributed by atoms with E-state index in [9.17, 15) is 0 Å². The molecule has 1 aromatic carbocycles. The second kappa shape index (κ2) is 5.26. The Morgan fingerprint density at radius 2 is 1.78 bits per heavy atom. The summed E-state index contributed by atoms with van der Waals surface area (Å²) in [6.45, 7) is 2.20. The van der Waals surface area contributed by atoms with Gasteiger partial charge in [0.1, 0.15) is 0 Å². The van der Waals surface area contributed by atoms with Crippen molar-refractivity contribution in [2.75, 3.05) is 0 Å². The van der Waals surface area contributed by atoms with Crippen molar-refractivity contribution in [1.82, 2.24) is 0 Å². The monoisotopic (exact) mass is 196 g/mol. The molecular formula is C8H11Y+2. The topological polar surface area (TPSA) is 0 Å². The Labute approximate surface area is 81.9 Å². The van der Waals surface area contributed by atoms with Crippen LogP contribution in [-0.2, 0) is 39.1 Å². The number of hydrogen-bond acceptors (Lipinski definition) is 0. The van der Waals surface area contributed by atoms with Gasteiger partial charge < -0.3 is 0 Å². The predicted octanol–water partition coefficient (Wildman–Crippen LogP) is 2.36. The van der Waals surface area contributed by atoms with Gasteiger partial charge in [-0.3, -0.25) is 0 Å². The average Bonchev–Trinajstić information content (AvgIpc) is 2.19. The van der Waals surface area contributed by atoms with E-state index in [1.54, 1.807) is 0 Å². The first kappa shape index (κ1) is 9.45. The van der Waals surface area contributed by atoms with Crippen molar-refractivity contribution in [3.63, 3.8) is 0 Å². The normalized spacial score (nSPS) is 8.56. The van der Waals surface area contributed by atoms with E-state index in [0.29, 0.717) is 0 Å². The van der Waals surface area contributed by atoms with Crippen LogP contribution in [0.1, 0.15) is 18.9 Å². The van der Waals surface area contributed by atoms with Crippen LogP contribution in [0.15, 0.2) is 24.3 Å². The van der Waals surface area contributed by atoms with Gasteiger partial charge in [0.25, 0.3) is 0 Å². The van der Waals surface area contributed by atoms with Crippen LogP contribution in [0.25, 0.3) is 0 Å². The SMILES string of the molecule is CCC[c-]1cccc1.[Y+3]. The summed E-state index contributed by atoms with van der Waals surface area (Å²) in [5.74, 6) is 0. The van der Waals surface area contributed by atoms with Gasteiger partial charge in [0.05, 0.1) is 0 Å². The molecule has 0 aliphatic carbocycles. The van der Waals surface area contributed by atoms with Gasteiger partial charge in [-0.15, -0.1) is 0 Å². The molecule has 0 aliphatic heterocycles. The molecule has 0 saturated heterocycles. The maximum atomic E-state index is 2.20. The molecule has 0 N–H and O–H groups in total. The quantitative estimate of drug-likeness (QED) is 0.637. The van der Waals surface area contributed by atoms with Crippen LogP contribution in [0.5, 0.6) is 0 Å². The third-order valence-corrected chi connectivity index (χ3v) is 1.27. The second-order valence-corrected chi connectivity index (χ2v) is 2.04. The van der Waals surface area contributed by atoms with Crippen LogP contribution < -0.4 is 0 Å². The molecule has 1 rings (SSSR count).